The molecule has 2 aliphatic rings. The number of amides is 1. The Bertz CT molecular complexity index is 756. The molecule has 0 atom stereocenters. The summed E-state index contributed by atoms with van der Waals surface area (Å²) in [7, 11) is -3.39. The second kappa shape index (κ2) is 8.68. The molecule has 0 bridgehead atoms. The molecule has 8 heteroatoms. The van der Waals surface area contributed by atoms with Gasteiger partial charge in [-0.2, -0.15) is 17.0 Å². The topological polar surface area (TPSA) is 64.2 Å². The van der Waals surface area contributed by atoms with Crippen molar-refractivity contribution in [1.82, 2.24) is 18.4 Å². The molecule has 0 saturated carbocycles. The molecule has 2 heterocycles. The number of carbonyl (C=O) groups is 1. The molecular weight excluding hydrogens is 364 g/mol. The van der Waals surface area contributed by atoms with E-state index in [-0.39, 0.29) is 5.91 Å². The predicted molar refractivity (Wildman–Crippen MR) is 105 cm³/mol. The van der Waals surface area contributed by atoms with Gasteiger partial charge in [-0.15, -0.1) is 0 Å². The van der Waals surface area contributed by atoms with Crippen molar-refractivity contribution in [2.24, 2.45) is 0 Å². The first-order chi connectivity index (χ1) is 13.0. The van der Waals surface area contributed by atoms with Crippen molar-refractivity contribution in [2.75, 3.05) is 52.4 Å². The summed E-state index contributed by atoms with van der Waals surface area (Å²) in [5.41, 5.74) is 2.56. The molecule has 0 radical (unpaired) electrons. The van der Waals surface area contributed by atoms with Gasteiger partial charge in [-0.1, -0.05) is 38.1 Å². The summed E-state index contributed by atoms with van der Waals surface area (Å²) < 4.78 is 28.2. The minimum atomic E-state index is -3.39. The second-order valence-electron chi connectivity index (χ2n) is 7.10. The summed E-state index contributed by atoms with van der Waals surface area (Å²) in [6.45, 7) is 8.53. The highest BCUT2D eigenvalue weighted by Gasteiger charge is 2.32. The van der Waals surface area contributed by atoms with Crippen LogP contribution in [0.15, 0.2) is 24.3 Å². The molecule has 3 rings (SSSR count). The van der Waals surface area contributed by atoms with Gasteiger partial charge in [0.25, 0.3) is 10.2 Å². The Morgan fingerprint density at radius 3 is 2.26 bits per heavy atom. The highest BCUT2D eigenvalue weighted by molar-refractivity contribution is 7.86. The first-order valence-electron chi connectivity index (χ1n) is 9.77. The lowest BCUT2D eigenvalue weighted by atomic mass is 10.00. The van der Waals surface area contributed by atoms with Gasteiger partial charge in [0.15, 0.2) is 0 Å². The minimum Gasteiger partial charge on any atom is -0.337 e. The van der Waals surface area contributed by atoms with Crippen LogP contribution in [0.3, 0.4) is 0 Å². The van der Waals surface area contributed by atoms with E-state index in [0.29, 0.717) is 52.4 Å². The Labute approximate surface area is 162 Å². The van der Waals surface area contributed by atoms with Gasteiger partial charge in [0.05, 0.1) is 6.54 Å². The number of piperazine rings is 1. The number of nitrogens with zero attached hydrogens (tertiary/aromatic N) is 4. The zero-order valence-electron chi connectivity index (χ0n) is 16.3. The van der Waals surface area contributed by atoms with Gasteiger partial charge in [0.1, 0.15) is 0 Å². The van der Waals surface area contributed by atoms with Crippen LogP contribution in [0.5, 0.6) is 0 Å². The van der Waals surface area contributed by atoms with E-state index in [4.69, 9.17) is 0 Å². The quantitative estimate of drug-likeness (QED) is 0.715. The Balaban J connectivity index is 1.52. The van der Waals surface area contributed by atoms with Crippen LogP contribution in [0.4, 0.5) is 0 Å². The largest absolute Gasteiger partial charge is 0.337 e. The molecule has 150 valence electrons. The molecule has 1 aromatic carbocycles. The van der Waals surface area contributed by atoms with E-state index in [1.807, 2.05) is 30.9 Å². The Morgan fingerprint density at radius 2 is 1.63 bits per heavy atom. The third-order valence-electron chi connectivity index (χ3n) is 5.53. The molecule has 1 fully saturated rings. The molecule has 7 nitrogen and oxygen atoms in total. The van der Waals surface area contributed by atoms with Crippen molar-refractivity contribution in [2.45, 2.75) is 26.8 Å². The summed E-state index contributed by atoms with van der Waals surface area (Å²) in [6, 6.07) is 8.28. The molecular formula is C19H30N4O3S. The molecule has 0 unspecified atom stereocenters. The third-order valence-corrected chi connectivity index (χ3v) is 7.72. The first kappa shape index (κ1) is 20.3. The smallest absolute Gasteiger partial charge is 0.282 e. The number of hydrogen-bond donors (Lipinski definition) is 0. The fourth-order valence-corrected chi connectivity index (χ4v) is 5.44. The fraction of sp³-hybridized carbons (Fsp3) is 0.632. The zero-order chi connectivity index (χ0) is 19.4. The van der Waals surface area contributed by atoms with E-state index >= 15 is 0 Å². The lowest BCUT2D eigenvalue weighted by molar-refractivity contribution is -0.133. The van der Waals surface area contributed by atoms with Gasteiger partial charge in [-0.25, -0.2) is 0 Å². The Morgan fingerprint density at radius 1 is 1.00 bits per heavy atom. The van der Waals surface area contributed by atoms with Crippen molar-refractivity contribution < 1.29 is 13.2 Å². The average molecular weight is 395 g/mol. The first-order valence-corrected chi connectivity index (χ1v) is 11.2. The van der Waals surface area contributed by atoms with Crippen LogP contribution in [0.2, 0.25) is 0 Å². The second-order valence-corrected chi connectivity index (χ2v) is 9.03. The van der Waals surface area contributed by atoms with Crippen LogP contribution < -0.4 is 0 Å². The van der Waals surface area contributed by atoms with E-state index in [0.717, 1.165) is 13.0 Å². The molecule has 1 saturated heterocycles. The summed E-state index contributed by atoms with van der Waals surface area (Å²) in [5.74, 6) is 0.129. The van der Waals surface area contributed by atoms with Gasteiger partial charge in [0.2, 0.25) is 5.91 Å². The summed E-state index contributed by atoms with van der Waals surface area (Å²) in [5, 5.41) is 0. The van der Waals surface area contributed by atoms with E-state index in [2.05, 4.69) is 17.0 Å². The third kappa shape index (κ3) is 4.51. The molecule has 27 heavy (non-hydrogen) atoms. The molecule has 0 spiro atoms. The van der Waals surface area contributed by atoms with Gasteiger partial charge >= 0.3 is 0 Å². The van der Waals surface area contributed by atoms with E-state index in [1.165, 1.54) is 19.7 Å². The maximum absolute atomic E-state index is 12.7. The standard InChI is InChI=1S/C19H30N4O3S/c1-3-22(4-2)27(25,26)23-13-11-20(12-14-23)16-19(24)21-10-9-17-7-5-6-8-18(17)15-21/h5-8H,3-4,9-16H2,1-2H3. The SMILES string of the molecule is CCN(CC)S(=O)(=O)N1CCN(CC(=O)N2CCc3ccccc3C2)CC1. The van der Waals surface area contributed by atoms with Crippen LogP contribution in [0.1, 0.15) is 25.0 Å². The van der Waals surface area contributed by atoms with Crippen LogP contribution >= 0.6 is 0 Å². The highest BCUT2D eigenvalue weighted by atomic mass is 32.2. The van der Waals surface area contributed by atoms with E-state index in [9.17, 15) is 13.2 Å². The summed E-state index contributed by atoms with van der Waals surface area (Å²) >= 11 is 0. The lowest BCUT2D eigenvalue weighted by Gasteiger charge is -2.37. The van der Waals surface area contributed by atoms with Crippen molar-refractivity contribution in [3.8, 4) is 0 Å². The van der Waals surface area contributed by atoms with Crippen molar-refractivity contribution in [3.63, 3.8) is 0 Å². The minimum absolute atomic E-state index is 0.129. The number of benzene rings is 1. The van der Waals surface area contributed by atoms with Crippen LogP contribution in [-0.2, 0) is 28.0 Å². The monoisotopic (exact) mass is 394 g/mol. The van der Waals surface area contributed by atoms with Gasteiger partial charge in [-0.05, 0) is 17.5 Å². The molecule has 1 amide bonds. The van der Waals surface area contributed by atoms with Crippen LogP contribution in [0, 0.1) is 0 Å². The van der Waals surface area contributed by atoms with Crippen LogP contribution in [-0.4, -0.2) is 85.1 Å². The summed E-state index contributed by atoms with van der Waals surface area (Å²) in [4.78, 5) is 16.7. The lowest BCUT2D eigenvalue weighted by Crippen LogP contribution is -2.54. The van der Waals surface area contributed by atoms with Crippen molar-refractivity contribution >= 4 is 16.1 Å². The number of fused-ring (bicyclic) bond motifs is 1. The number of rotatable bonds is 6. The molecule has 1 aromatic rings. The molecule has 0 aliphatic carbocycles. The highest BCUT2D eigenvalue weighted by Crippen LogP contribution is 2.19. The number of carbonyl (C=O) groups excluding carboxylic acids is 1. The Kier molecular flexibility index (Phi) is 6.52. The van der Waals surface area contributed by atoms with Gasteiger partial charge in [-0.3, -0.25) is 9.69 Å². The predicted octanol–water partition coefficient (Wildman–Crippen LogP) is 0.776. The van der Waals surface area contributed by atoms with Gasteiger partial charge in [0, 0.05) is 52.4 Å². The maximum Gasteiger partial charge on any atom is 0.282 e. The van der Waals surface area contributed by atoms with Crippen molar-refractivity contribution in [3.05, 3.63) is 35.4 Å². The zero-order valence-corrected chi connectivity index (χ0v) is 17.1. The molecule has 0 N–H and O–H groups in total. The maximum atomic E-state index is 12.7. The molecule has 2 aliphatic heterocycles. The van der Waals surface area contributed by atoms with E-state index in [1.54, 1.807) is 0 Å². The normalized spacial score (nSPS) is 19.3. The fourth-order valence-electron chi connectivity index (χ4n) is 3.83. The average Bonchev–Trinajstić information content (AvgIpc) is 2.68. The Hall–Kier alpha value is -1.48. The van der Waals surface area contributed by atoms with Crippen molar-refractivity contribution in [1.29, 1.82) is 0 Å². The molecule has 0 aromatic heterocycles. The van der Waals surface area contributed by atoms with Crippen LogP contribution in [0.25, 0.3) is 0 Å². The summed E-state index contributed by atoms with van der Waals surface area (Å²) in [6.07, 6.45) is 0.901. The van der Waals surface area contributed by atoms with E-state index < -0.39 is 10.2 Å². The van der Waals surface area contributed by atoms with Gasteiger partial charge < -0.3 is 4.90 Å². The number of hydrogen-bond acceptors (Lipinski definition) is 4.